The molecular formula is C34H40ClN5O4. The smallest absolute Gasteiger partial charge is 0.409 e. The second-order valence-electron chi connectivity index (χ2n) is 12.9. The Morgan fingerprint density at radius 2 is 1.95 bits per heavy atom. The number of pyridine rings is 1. The lowest BCUT2D eigenvalue weighted by molar-refractivity contribution is 0.0775. The van der Waals surface area contributed by atoms with Gasteiger partial charge in [-0.2, -0.15) is 0 Å². The Hall–Kier alpha value is -3.85. The zero-order chi connectivity index (χ0) is 31.0. The number of halogens is 1. The van der Waals surface area contributed by atoms with Crippen molar-refractivity contribution in [2.24, 2.45) is 18.9 Å². The van der Waals surface area contributed by atoms with Gasteiger partial charge in [0.1, 0.15) is 5.60 Å². The molecule has 1 saturated carbocycles. The number of ether oxygens (including phenoxy) is 2. The molecule has 9 nitrogen and oxygen atoms in total. The predicted octanol–water partition coefficient (Wildman–Crippen LogP) is 6.98. The van der Waals surface area contributed by atoms with Gasteiger partial charge >= 0.3 is 12.2 Å². The van der Waals surface area contributed by atoms with E-state index in [0.29, 0.717) is 30.6 Å². The standard InChI is InChI=1S/C34H40ClN5O4/c1-21(2)19-43-33(42)40-14-9-22(10-15-40)29-25-8-7-24(35)17-26(25)27(16-23-6-5-13-37-30(23)29)31(28-18-36-20-39(28)4)38-32(41)44-34(3)11-12-34/h5-8,13,16-18,20-22,29,31H,9-12,14-15,19H2,1-4H3,(H,38,41). The van der Waals surface area contributed by atoms with Gasteiger partial charge < -0.3 is 24.3 Å². The fraction of sp³-hybridized carbons (Fsp3) is 0.471. The molecule has 1 N–H and O–H groups in total. The molecule has 1 saturated heterocycles. The second kappa shape index (κ2) is 12.3. The molecule has 1 aliphatic heterocycles. The third-order valence-corrected chi connectivity index (χ3v) is 9.20. The van der Waals surface area contributed by atoms with E-state index in [1.54, 1.807) is 12.5 Å². The number of alkyl carbamates (subject to hydrolysis) is 1. The van der Waals surface area contributed by atoms with Gasteiger partial charge in [0.05, 0.1) is 36.6 Å². The van der Waals surface area contributed by atoms with Crippen LogP contribution >= 0.6 is 11.6 Å². The molecule has 1 aromatic carbocycles. The maximum absolute atomic E-state index is 13.3. The topological polar surface area (TPSA) is 98.6 Å². The summed E-state index contributed by atoms with van der Waals surface area (Å²) in [5, 5.41) is 3.77. The number of hydrogen-bond acceptors (Lipinski definition) is 6. The maximum atomic E-state index is 13.3. The number of rotatable bonds is 7. The van der Waals surface area contributed by atoms with Crippen molar-refractivity contribution in [3.63, 3.8) is 0 Å². The maximum Gasteiger partial charge on any atom is 0.409 e. The zero-order valence-corrected chi connectivity index (χ0v) is 26.5. The largest absolute Gasteiger partial charge is 0.449 e. The number of carbonyl (C=O) groups excluding carboxylic acids is 2. The number of aryl methyl sites for hydroxylation is 1. The van der Waals surface area contributed by atoms with E-state index in [-0.39, 0.29) is 17.9 Å². The third kappa shape index (κ3) is 6.34. The quantitative estimate of drug-likeness (QED) is 0.307. The van der Waals surface area contributed by atoms with Gasteiger partial charge in [0.2, 0.25) is 0 Å². The molecule has 0 spiro atoms. The monoisotopic (exact) mass is 617 g/mol. The van der Waals surface area contributed by atoms with E-state index < -0.39 is 17.7 Å². The van der Waals surface area contributed by atoms with Crippen LogP contribution in [-0.2, 0) is 16.5 Å². The number of nitrogens with zero attached hydrogens (tertiary/aromatic N) is 4. The first-order valence-corrected chi connectivity index (χ1v) is 15.8. The molecule has 10 heteroatoms. The minimum absolute atomic E-state index is 0.0365. The number of imidazole rings is 1. The summed E-state index contributed by atoms with van der Waals surface area (Å²) in [4.78, 5) is 37.1. The number of benzene rings is 1. The third-order valence-electron chi connectivity index (χ3n) is 8.96. The number of hydrogen-bond donors (Lipinski definition) is 1. The van der Waals surface area contributed by atoms with Crippen molar-refractivity contribution in [2.75, 3.05) is 19.7 Å². The Kier molecular flexibility index (Phi) is 8.42. The van der Waals surface area contributed by atoms with Crippen molar-refractivity contribution < 1.29 is 19.1 Å². The van der Waals surface area contributed by atoms with Gasteiger partial charge in [0.25, 0.3) is 0 Å². The van der Waals surface area contributed by atoms with Gasteiger partial charge in [0, 0.05) is 37.3 Å². The van der Waals surface area contributed by atoms with Crippen LogP contribution in [0.15, 0.2) is 49.1 Å². The van der Waals surface area contributed by atoms with E-state index in [1.807, 2.05) is 61.7 Å². The number of nitrogens with one attached hydrogen (secondary N) is 1. The normalized spacial score (nSPS) is 19.7. The van der Waals surface area contributed by atoms with Crippen LogP contribution in [0.1, 0.15) is 86.5 Å². The van der Waals surface area contributed by atoms with Gasteiger partial charge in [-0.15, -0.1) is 0 Å². The summed E-state index contributed by atoms with van der Waals surface area (Å²) in [6.45, 7) is 7.67. The molecule has 2 fully saturated rings. The SMILES string of the molecule is CC(C)COC(=O)N1CCC(C2c3ccc(Cl)cc3C(C(NC(=O)OC3(C)CC3)c3cncn3C)=Cc3cccnc32)CC1. The van der Waals surface area contributed by atoms with Gasteiger partial charge in [-0.25, -0.2) is 14.6 Å². The molecule has 6 rings (SSSR count). The Balaban J connectivity index is 1.38. The van der Waals surface area contributed by atoms with Crippen LogP contribution in [0.25, 0.3) is 11.6 Å². The molecule has 2 aliphatic carbocycles. The highest BCUT2D eigenvalue weighted by molar-refractivity contribution is 6.30. The Morgan fingerprint density at radius 1 is 1.18 bits per heavy atom. The number of amides is 2. The average Bonchev–Trinajstić information content (AvgIpc) is 3.61. The summed E-state index contributed by atoms with van der Waals surface area (Å²) in [7, 11) is 1.92. The molecule has 3 aliphatic rings. The number of aromatic nitrogens is 3. The Labute approximate surface area is 263 Å². The molecule has 3 aromatic rings. The van der Waals surface area contributed by atoms with Crippen LogP contribution in [0.3, 0.4) is 0 Å². The number of fused-ring (bicyclic) bond motifs is 2. The summed E-state index contributed by atoms with van der Waals surface area (Å²) in [5.74, 6) is 0.484. The Bertz CT molecular complexity index is 1570. The van der Waals surface area contributed by atoms with Crippen molar-refractivity contribution in [3.8, 4) is 0 Å². The van der Waals surface area contributed by atoms with E-state index in [1.165, 1.54) is 0 Å². The minimum Gasteiger partial charge on any atom is -0.449 e. The van der Waals surface area contributed by atoms with Crippen LogP contribution in [0.5, 0.6) is 0 Å². The first kappa shape index (κ1) is 30.2. The van der Waals surface area contributed by atoms with Crippen LogP contribution in [0.4, 0.5) is 9.59 Å². The molecule has 0 radical (unpaired) electrons. The molecule has 2 atom stereocenters. The zero-order valence-electron chi connectivity index (χ0n) is 25.8. The van der Waals surface area contributed by atoms with Crippen molar-refractivity contribution in [3.05, 3.63) is 82.2 Å². The first-order chi connectivity index (χ1) is 21.1. The van der Waals surface area contributed by atoms with Gasteiger partial charge in [-0.1, -0.05) is 37.6 Å². The number of carbonyl (C=O) groups is 2. The molecule has 2 aromatic heterocycles. The van der Waals surface area contributed by atoms with Crippen LogP contribution in [0.2, 0.25) is 5.02 Å². The molecule has 0 bridgehead atoms. The Morgan fingerprint density at radius 3 is 2.64 bits per heavy atom. The van der Waals surface area contributed by atoms with Crippen molar-refractivity contribution >= 4 is 35.4 Å². The van der Waals surface area contributed by atoms with Crippen LogP contribution < -0.4 is 5.32 Å². The van der Waals surface area contributed by atoms with Gasteiger partial charge in [-0.3, -0.25) is 4.98 Å². The summed E-state index contributed by atoms with van der Waals surface area (Å²) in [6.07, 6.45) is 10.1. The molecular weight excluding hydrogens is 578 g/mol. The lowest BCUT2D eigenvalue weighted by Crippen LogP contribution is -2.40. The average molecular weight is 618 g/mol. The van der Waals surface area contributed by atoms with E-state index in [9.17, 15) is 9.59 Å². The number of likely N-dealkylation sites (tertiary alicyclic amines) is 1. The van der Waals surface area contributed by atoms with Crippen molar-refractivity contribution in [1.29, 1.82) is 0 Å². The molecule has 3 heterocycles. The number of piperidine rings is 1. The van der Waals surface area contributed by atoms with Crippen LogP contribution in [-0.4, -0.2) is 56.9 Å². The summed E-state index contributed by atoms with van der Waals surface area (Å²) >= 11 is 6.68. The van der Waals surface area contributed by atoms with Crippen molar-refractivity contribution in [1.82, 2.24) is 24.8 Å². The molecule has 2 unspecified atom stereocenters. The summed E-state index contributed by atoms with van der Waals surface area (Å²) < 4.78 is 13.2. The van der Waals surface area contributed by atoms with Gasteiger partial charge in [-0.05, 0) is 91.0 Å². The highest BCUT2D eigenvalue weighted by atomic mass is 35.5. The lowest BCUT2D eigenvalue weighted by atomic mass is 9.75. The van der Waals surface area contributed by atoms with Crippen molar-refractivity contribution in [2.45, 2.75) is 64.0 Å². The minimum atomic E-state index is -0.557. The second-order valence-corrected chi connectivity index (χ2v) is 13.4. The predicted molar refractivity (Wildman–Crippen MR) is 169 cm³/mol. The fourth-order valence-electron chi connectivity index (χ4n) is 6.32. The van der Waals surface area contributed by atoms with E-state index in [2.05, 4.69) is 28.5 Å². The summed E-state index contributed by atoms with van der Waals surface area (Å²) in [5.41, 5.74) is 5.28. The molecule has 44 heavy (non-hydrogen) atoms. The van der Waals surface area contributed by atoms with Gasteiger partial charge in [0.15, 0.2) is 0 Å². The van der Waals surface area contributed by atoms with E-state index in [4.69, 9.17) is 26.1 Å². The van der Waals surface area contributed by atoms with E-state index >= 15 is 0 Å². The van der Waals surface area contributed by atoms with E-state index in [0.717, 1.165) is 59.3 Å². The highest BCUT2D eigenvalue weighted by Crippen LogP contribution is 2.47. The fourth-order valence-corrected chi connectivity index (χ4v) is 6.49. The lowest BCUT2D eigenvalue weighted by Gasteiger charge is -2.36. The molecule has 232 valence electrons. The first-order valence-electron chi connectivity index (χ1n) is 15.5. The summed E-state index contributed by atoms with van der Waals surface area (Å²) in [6, 6.07) is 9.46. The highest BCUT2D eigenvalue weighted by Gasteiger charge is 2.43. The van der Waals surface area contributed by atoms with Crippen LogP contribution in [0, 0.1) is 11.8 Å². The molecule has 2 amide bonds.